The lowest BCUT2D eigenvalue weighted by Gasteiger charge is -2.03. The van der Waals surface area contributed by atoms with Gasteiger partial charge in [0.2, 0.25) is 0 Å². The summed E-state index contributed by atoms with van der Waals surface area (Å²) in [6, 6.07) is 7.15. The Balaban J connectivity index is 0.000000531. The van der Waals surface area contributed by atoms with E-state index in [1.807, 2.05) is 19.9 Å². The van der Waals surface area contributed by atoms with Crippen molar-refractivity contribution in [2.24, 2.45) is 0 Å². The molecule has 0 spiro atoms. The van der Waals surface area contributed by atoms with Gasteiger partial charge in [-0.05, 0) is 19.1 Å². The molecule has 2 N–H and O–H groups in total. The van der Waals surface area contributed by atoms with E-state index in [2.05, 4.69) is 4.98 Å². The fourth-order valence-electron chi connectivity index (χ4n) is 1.26. The molecule has 0 aliphatic heterocycles. The molecule has 0 unspecified atom stereocenters. The highest BCUT2D eigenvalue weighted by molar-refractivity contribution is 5.77. The molecule has 80 valence electrons. The van der Waals surface area contributed by atoms with Gasteiger partial charge in [0.15, 0.2) is 0 Å². The van der Waals surface area contributed by atoms with Crippen molar-refractivity contribution in [2.45, 2.75) is 20.8 Å². The van der Waals surface area contributed by atoms with E-state index in [1.54, 1.807) is 25.1 Å². The van der Waals surface area contributed by atoms with Gasteiger partial charge in [0.05, 0.1) is 10.9 Å². The van der Waals surface area contributed by atoms with Gasteiger partial charge in [0, 0.05) is 0 Å². The first-order chi connectivity index (χ1) is 7.20. The summed E-state index contributed by atoms with van der Waals surface area (Å²) in [5, 5.41) is 0.551. The molecule has 0 saturated heterocycles. The van der Waals surface area contributed by atoms with Gasteiger partial charge >= 0.3 is 0 Å². The zero-order valence-electron chi connectivity index (χ0n) is 9.19. The fraction of sp³-hybridized carbons (Fsp3) is 0.273. The van der Waals surface area contributed by atoms with Crippen molar-refractivity contribution in [3.05, 3.63) is 40.4 Å². The standard InChI is InChI=1S/C9H9N3O.C2H6/c1-6-11-8-5-3-2-4-7(8)9(13)12(6)10;1-2/h2-5H,10H2,1H3;1-2H3. The van der Waals surface area contributed by atoms with E-state index in [4.69, 9.17) is 5.84 Å². The average molecular weight is 205 g/mol. The Kier molecular flexibility index (Phi) is 3.44. The molecule has 0 aliphatic rings. The number of aromatic nitrogens is 2. The minimum absolute atomic E-state index is 0.205. The van der Waals surface area contributed by atoms with Gasteiger partial charge in [-0.2, -0.15) is 0 Å². The van der Waals surface area contributed by atoms with Crippen LogP contribution in [0.15, 0.2) is 29.1 Å². The van der Waals surface area contributed by atoms with Crippen LogP contribution in [0.4, 0.5) is 0 Å². The first-order valence-electron chi connectivity index (χ1n) is 4.93. The Labute approximate surface area is 88.3 Å². The van der Waals surface area contributed by atoms with E-state index in [-0.39, 0.29) is 5.56 Å². The summed E-state index contributed by atoms with van der Waals surface area (Å²) >= 11 is 0. The van der Waals surface area contributed by atoms with E-state index >= 15 is 0 Å². The van der Waals surface area contributed by atoms with Crippen LogP contribution in [-0.4, -0.2) is 9.66 Å². The van der Waals surface area contributed by atoms with Crippen molar-refractivity contribution in [1.82, 2.24) is 9.66 Å². The second kappa shape index (κ2) is 4.59. The molecule has 0 saturated carbocycles. The predicted octanol–water partition coefficient (Wildman–Crippen LogP) is 1.44. The van der Waals surface area contributed by atoms with Crippen LogP contribution < -0.4 is 11.4 Å². The maximum Gasteiger partial charge on any atom is 0.279 e. The van der Waals surface area contributed by atoms with Gasteiger partial charge in [-0.3, -0.25) is 4.79 Å². The second-order valence-corrected chi connectivity index (χ2v) is 2.85. The molecular weight excluding hydrogens is 190 g/mol. The van der Waals surface area contributed by atoms with Crippen LogP contribution in [0.1, 0.15) is 19.7 Å². The van der Waals surface area contributed by atoms with Crippen LogP contribution in [0.3, 0.4) is 0 Å². The third kappa shape index (κ3) is 1.98. The Morgan fingerprint density at radius 1 is 1.27 bits per heavy atom. The molecule has 0 atom stereocenters. The summed E-state index contributed by atoms with van der Waals surface area (Å²) in [7, 11) is 0. The van der Waals surface area contributed by atoms with Gasteiger partial charge in [0.1, 0.15) is 5.82 Å². The number of nitrogens with two attached hydrogens (primary N) is 1. The molecule has 0 bridgehead atoms. The molecule has 2 aromatic rings. The van der Waals surface area contributed by atoms with Crippen molar-refractivity contribution in [3.63, 3.8) is 0 Å². The number of benzene rings is 1. The molecule has 1 aromatic carbocycles. The Bertz CT molecular complexity index is 517. The number of aryl methyl sites for hydroxylation is 1. The number of hydrogen-bond acceptors (Lipinski definition) is 3. The Morgan fingerprint density at radius 2 is 1.87 bits per heavy atom. The average Bonchev–Trinajstić information content (AvgIpc) is 2.29. The first-order valence-corrected chi connectivity index (χ1v) is 4.93. The van der Waals surface area contributed by atoms with Gasteiger partial charge in [-0.15, -0.1) is 0 Å². The van der Waals surface area contributed by atoms with Crippen LogP contribution in [0.5, 0.6) is 0 Å². The summed E-state index contributed by atoms with van der Waals surface area (Å²) in [6.07, 6.45) is 0. The minimum atomic E-state index is -0.205. The van der Waals surface area contributed by atoms with E-state index in [0.29, 0.717) is 16.7 Å². The van der Waals surface area contributed by atoms with Crippen molar-refractivity contribution in [3.8, 4) is 0 Å². The number of para-hydroxylation sites is 1. The van der Waals surface area contributed by atoms with E-state index < -0.39 is 0 Å². The predicted molar refractivity (Wildman–Crippen MR) is 62.2 cm³/mol. The molecule has 4 heteroatoms. The maximum absolute atomic E-state index is 11.5. The Hall–Kier alpha value is -1.84. The summed E-state index contributed by atoms with van der Waals surface area (Å²) in [6.45, 7) is 5.70. The molecule has 0 radical (unpaired) electrons. The van der Waals surface area contributed by atoms with Crippen molar-refractivity contribution >= 4 is 10.9 Å². The number of fused-ring (bicyclic) bond motifs is 1. The van der Waals surface area contributed by atoms with Gasteiger partial charge < -0.3 is 5.84 Å². The monoisotopic (exact) mass is 205 g/mol. The molecule has 0 fully saturated rings. The second-order valence-electron chi connectivity index (χ2n) is 2.85. The third-order valence-electron chi connectivity index (χ3n) is 1.98. The SMILES string of the molecule is CC.Cc1nc2ccccc2c(=O)n1N. The molecule has 4 nitrogen and oxygen atoms in total. The molecule has 2 rings (SSSR count). The first kappa shape index (κ1) is 11.2. The van der Waals surface area contributed by atoms with E-state index in [1.165, 1.54) is 0 Å². The highest BCUT2D eigenvalue weighted by atomic mass is 16.1. The van der Waals surface area contributed by atoms with E-state index in [0.717, 1.165) is 4.68 Å². The molecule has 0 aliphatic carbocycles. The van der Waals surface area contributed by atoms with Crippen LogP contribution >= 0.6 is 0 Å². The zero-order valence-corrected chi connectivity index (χ0v) is 9.19. The lowest BCUT2D eigenvalue weighted by atomic mass is 10.2. The normalized spacial score (nSPS) is 9.53. The lowest BCUT2D eigenvalue weighted by Crippen LogP contribution is -2.30. The molecule has 1 heterocycles. The summed E-state index contributed by atoms with van der Waals surface area (Å²) in [4.78, 5) is 15.7. The largest absolute Gasteiger partial charge is 0.335 e. The van der Waals surface area contributed by atoms with Crippen LogP contribution in [-0.2, 0) is 0 Å². The smallest absolute Gasteiger partial charge is 0.279 e. The topological polar surface area (TPSA) is 60.9 Å². The summed E-state index contributed by atoms with van der Waals surface area (Å²) in [5.74, 6) is 6.01. The van der Waals surface area contributed by atoms with Crippen LogP contribution in [0.25, 0.3) is 10.9 Å². The van der Waals surface area contributed by atoms with Crippen molar-refractivity contribution in [1.29, 1.82) is 0 Å². The third-order valence-corrected chi connectivity index (χ3v) is 1.98. The highest BCUT2D eigenvalue weighted by Crippen LogP contribution is 2.05. The van der Waals surface area contributed by atoms with Crippen LogP contribution in [0, 0.1) is 6.92 Å². The van der Waals surface area contributed by atoms with Crippen molar-refractivity contribution < 1.29 is 0 Å². The quantitative estimate of drug-likeness (QED) is 0.662. The van der Waals surface area contributed by atoms with Crippen molar-refractivity contribution in [2.75, 3.05) is 5.84 Å². The fourth-order valence-corrected chi connectivity index (χ4v) is 1.26. The molecule has 15 heavy (non-hydrogen) atoms. The lowest BCUT2D eigenvalue weighted by molar-refractivity contribution is 0.852. The molecule has 0 amide bonds. The van der Waals surface area contributed by atoms with E-state index in [9.17, 15) is 4.79 Å². The maximum atomic E-state index is 11.5. The number of nitrogen functional groups attached to an aromatic ring is 1. The number of nitrogens with zero attached hydrogens (tertiary/aromatic N) is 2. The highest BCUT2D eigenvalue weighted by Gasteiger charge is 2.03. The number of hydrogen-bond donors (Lipinski definition) is 1. The summed E-state index contributed by atoms with van der Waals surface area (Å²) < 4.78 is 1.06. The minimum Gasteiger partial charge on any atom is -0.335 e. The van der Waals surface area contributed by atoms with Gasteiger partial charge in [-0.25, -0.2) is 9.66 Å². The van der Waals surface area contributed by atoms with Gasteiger partial charge in [0.25, 0.3) is 5.56 Å². The number of rotatable bonds is 0. The Morgan fingerprint density at radius 3 is 2.53 bits per heavy atom. The molecular formula is C11H15N3O. The van der Waals surface area contributed by atoms with Gasteiger partial charge in [-0.1, -0.05) is 26.0 Å². The van der Waals surface area contributed by atoms with Crippen LogP contribution in [0.2, 0.25) is 0 Å². The zero-order chi connectivity index (χ0) is 11.4. The molecule has 1 aromatic heterocycles. The summed E-state index contributed by atoms with van der Waals surface area (Å²) in [5.41, 5.74) is 0.481.